The summed E-state index contributed by atoms with van der Waals surface area (Å²) in [6, 6.07) is 14.6. The minimum Gasteiger partial charge on any atom is -0.493 e. The number of hydrogen-bond donors (Lipinski definition) is 2. The van der Waals surface area contributed by atoms with Crippen molar-refractivity contribution in [3.63, 3.8) is 0 Å². The van der Waals surface area contributed by atoms with Gasteiger partial charge in [0.05, 0.1) is 5.52 Å². The lowest BCUT2D eigenvalue weighted by Crippen LogP contribution is -1.91. The quantitative estimate of drug-likeness (QED) is 0.638. The van der Waals surface area contributed by atoms with Crippen molar-refractivity contribution in [2.24, 2.45) is 10.2 Å². The first-order valence-electron chi connectivity index (χ1n) is 8.03. The number of nitrogens with one attached hydrogen (secondary N) is 1. The summed E-state index contributed by atoms with van der Waals surface area (Å²) >= 11 is 0. The van der Waals surface area contributed by atoms with Gasteiger partial charge in [-0.25, -0.2) is 0 Å². The van der Waals surface area contributed by atoms with E-state index in [1.165, 1.54) is 5.56 Å². The van der Waals surface area contributed by atoms with Gasteiger partial charge in [0.15, 0.2) is 5.69 Å². The molecule has 0 saturated carbocycles. The minimum atomic E-state index is -0.441. The molecule has 2 aromatic carbocycles. The fourth-order valence-corrected chi connectivity index (χ4v) is 2.59. The number of H-pyrrole nitrogens is 1. The Balaban J connectivity index is 1.88. The molecule has 2 N–H and O–H groups in total. The molecule has 5 nitrogen and oxygen atoms in total. The molecule has 0 bridgehead atoms. The van der Waals surface area contributed by atoms with Gasteiger partial charge in [-0.3, -0.25) is 4.79 Å². The van der Waals surface area contributed by atoms with E-state index in [0.717, 1.165) is 30.2 Å². The molecular weight excluding hydrogens is 302 g/mol. The number of carbonyl (C=O) groups excluding carboxylic acids is 1. The molecule has 0 aliphatic heterocycles. The van der Waals surface area contributed by atoms with Crippen LogP contribution in [-0.2, 0) is 6.42 Å². The van der Waals surface area contributed by atoms with Crippen LogP contribution in [0.2, 0.25) is 0 Å². The monoisotopic (exact) mass is 321 g/mol. The third-order valence-electron chi connectivity index (χ3n) is 3.90. The Morgan fingerprint density at radius 2 is 1.96 bits per heavy atom. The highest BCUT2D eigenvalue weighted by Crippen LogP contribution is 2.36. The van der Waals surface area contributed by atoms with Gasteiger partial charge >= 0.3 is 0 Å². The second-order valence-corrected chi connectivity index (χ2v) is 5.68. The van der Waals surface area contributed by atoms with E-state index in [0.29, 0.717) is 5.56 Å². The number of aryl methyl sites for hydroxylation is 1. The van der Waals surface area contributed by atoms with Crippen LogP contribution in [-0.4, -0.2) is 16.0 Å². The third-order valence-corrected chi connectivity index (χ3v) is 3.90. The Labute approximate surface area is 140 Å². The smallest absolute Gasteiger partial charge is 0.295 e. The van der Waals surface area contributed by atoms with Crippen LogP contribution in [0.1, 0.15) is 35.7 Å². The lowest BCUT2D eigenvalue weighted by molar-refractivity contribution is 0.0995. The minimum absolute atomic E-state index is 0.0812. The first kappa shape index (κ1) is 15.9. The Morgan fingerprint density at radius 1 is 1.17 bits per heavy atom. The highest BCUT2D eigenvalue weighted by atomic mass is 16.3. The molecule has 3 rings (SSSR count). The van der Waals surface area contributed by atoms with E-state index in [1.54, 1.807) is 24.3 Å². The molecule has 0 radical (unpaired) electrons. The van der Waals surface area contributed by atoms with Crippen molar-refractivity contribution in [1.82, 2.24) is 4.98 Å². The van der Waals surface area contributed by atoms with Crippen LogP contribution >= 0.6 is 0 Å². The summed E-state index contributed by atoms with van der Waals surface area (Å²) in [4.78, 5) is 14.9. The summed E-state index contributed by atoms with van der Waals surface area (Å²) in [6.45, 7) is 2.15. The number of aromatic hydroxyl groups is 1. The highest BCUT2D eigenvalue weighted by molar-refractivity contribution is 5.97. The van der Waals surface area contributed by atoms with Gasteiger partial charge < -0.3 is 10.1 Å². The summed E-state index contributed by atoms with van der Waals surface area (Å²) in [5.41, 5.74) is 2.75. The Hall–Kier alpha value is -2.95. The Kier molecular flexibility index (Phi) is 4.70. The van der Waals surface area contributed by atoms with E-state index in [-0.39, 0.29) is 11.6 Å². The van der Waals surface area contributed by atoms with Gasteiger partial charge in [0.1, 0.15) is 0 Å². The van der Waals surface area contributed by atoms with Gasteiger partial charge in [-0.15, -0.1) is 10.2 Å². The van der Waals surface area contributed by atoms with Crippen LogP contribution < -0.4 is 0 Å². The number of benzene rings is 2. The summed E-state index contributed by atoms with van der Waals surface area (Å²) in [5, 5.41) is 18.5. The van der Waals surface area contributed by atoms with Crippen molar-refractivity contribution in [1.29, 1.82) is 0 Å². The lowest BCUT2D eigenvalue weighted by Gasteiger charge is -1.99. The predicted molar refractivity (Wildman–Crippen MR) is 93.9 cm³/mol. The first-order chi connectivity index (χ1) is 11.7. The molecule has 3 aromatic rings. The summed E-state index contributed by atoms with van der Waals surface area (Å²) in [6.07, 6.45) is 3.25. The van der Waals surface area contributed by atoms with E-state index in [2.05, 4.69) is 22.1 Å². The van der Waals surface area contributed by atoms with Gasteiger partial charge in [-0.2, -0.15) is 0 Å². The predicted octanol–water partition coefficient (Wildman–Crippen LogP) is 5.14. The summed E-state index contributed by atoms with van der Waals surface area (Å²) in [5.74, 6) is -0.522. The topological polar surface area (TPSA) is 77.8 Å². The summed E-state index contributed by atoms with van der Waals surface area (Å²) in [7, 11) is 0. The van der Waals surface area contributed by atoms with Crippen molar-refractivity contribution in [3.8, 4) is 5.88 Å². The standard InChI is InChI=1S/C19H19N3O2/c1-2-3-7-13-10-11-15-16(12-13)20-19(24)17(15)21-22-18(23)14-8-5-4-6-9-14/h4-6,8-12,20,24H,2-3,7H2,1H3. The zero-order chi connectivity index (χ0) is 16.9. The fraction of sp³-hybridized carbons (Fsp3) is 0.211. The molecule has 0 unspecified atom stereocenters. The van der Waals surface area contributed by atoms with Crippen molar-refractivity contribution < 1.29 is 9.90 Å². The zero-order valence-corrected chi connectivity index (χ0v) is 13.5. The van der Waals surface area contributed by atoms with Crippen LogP contribution in [0.5, 0.6) is 5.88 Å². The van der Waals surface area contributed by atoms with E-state index in [9.17, 15) is 9.90 Å². The van der Waals surface area contributed by atoms with Gasteiger partial charge in [-0.1, -0.05) is 43.7 Å². The maximum absolute atomic E-state index is 12.0. The SMILES string of the molecule is CCCCc1ccc2c(N=NC(=O)c3ccccc3)c(O)[nH]c2c1. The van der Waals surface area contributed by atoms with E-state index in [1.807, 2.05) is 24.3 Å². The van der Waals surface area contributed by atoms with Crippen LogP contribution in [0.4, 0.5) is 5.69 Å². The molecule has 0 spiro atoms. The molecule has 0 aliphatic rings. The molecule has 24 heavy (non-hydrogen) atoms. The van der Waals surface area contributed by atoms with Crippen molar-refractivity contribution >= 4 is 22.5 Å². The Bertz CT molecular complexity index is 882. The summed E-state index contributed by atoms with van der Waals surface area (Å²) < 4.78 is 0. The molecule has 5 heteroatoms. The van der Waals surface area contributed by atoms with Gasteiger partial charge in [-0.05, 0) is 36.6 Å². The first-order valence-corrected chi connectivity index (χ1v) is 8.03. The molecule has 0 saturated heterocycles. The van der Waals surface area contributed by atoms with Gasteiger partial charge in [0.25, 0.3) is 5.91 Å². The Morgan fingerprint density at radius 3 is 2.71 bits per heavy atom. The maximum atomic E-state index is 12.0. The number of azo groups is 1. The lowest BCUT2D eigenvalue weighted by atomic mass is 10.1. The molecule has 122 valence electrons. The molecule has 1 amide bonds. The highest BCUT2D eigenvalue weighted by Gasteiger charge is 2.12. The molecule has 0 fully saturated rings. The second kappa shape index (κ2) is 7.08. The van der Waals surface area contributed by atoms with Crippen LogP contribution in [0.15, 0.2) is 58.8 Å². The third kappa shape index (κ3) is 3.35. The molecule has 1 heterocycles. The normalized spacial score (nSPS) is 11.4. The number of hydrogen-bond acceptors (Lipinski definition) is 3. The number of fused-ring (bicyclic) bond motifs is 1. The number of unbranched alkanes of at least 4 members (excludes halogenated alkanes) is 1. The second-order valence-electron chi connectivity index (χ2n) is 5.68. The molecule has 0 atom stereocenters. The zero-order valence-electron chi connectivity index (χ0n) is 13.5. The van der Waals surface area contributed by atoms with Crippen LogP contribution in [0.25, 0.3) is 10.9 Å². The number of rotatable bonds is 5. The average molecular weight is 321 g/mol. The molecular formula is C19H19N3O2. The molecule has 1 aromatic heterocycles. The van der Waals surface area contributed by atoms with Crippen molar-refractivity contribution in [2.45, 2.75) is 26.2 Å². The number of amides is 1. The largest absolute Gasteiger partial charge is 0.493 e. The fourth-order valence-electron chi connectivity index (χ4n) is 2.59. The van der Waals surface area contributed by atoms with E-state index < -0.39 is 5.91 Å². The number of carbonyl (C=O) groups is 1. The van der Waals surface area contributed by atoms with Crippen molar-refractivity contribution in [3.05, 3.63) is 59.7 Å². The number of aromatic amines is 1. The maximum Gasteiger partial charge on any atom is 0.295 e. The van der Waals surface area contributed by atoms with Crippen molar-refractivity contribution in [2.75, 3.05) is 0 Å². The molecule has 0 aliphatic carbocycles. The van der Waals surface area contributed by atoms with Crippen LogP contribution in [0.3, 0.4) is 0 Å². The van der Waals surface area contributed by atoms with E-state index in [4.69, 9.17) is 0 Å². The van der Waals surface area contributed by atoms with E-state index >= 15 is 0 Å². The van der Waals surface area contributed by atoms with Gasteiger partial charge in [0.2, 0.25) is 5.88 Å². The number of aromatic nitrogens is 1. The van der Waals surface area contributed by atoms with Crippen LogP contribution in [0, 0.1) is 0 Å². The van der Waals surface area contributed by atoms with Gasteiger partial charge in [0, 0.05) is 10.9 Å². The number of nitrogens with zero attached hydrogens (tertiary/aromatic N) is 2. The average Bonchev–Trinajstić information content (AvgIpc) is 2.93.